The first-order chi connectivity index (χ1) is 28.8. The van der Waals surface area contributed by atoms with Gasteiger partial charge in [-0.05, 0) is 68.3 Å². The molecule has 322 valence electrons. The summed E-state index contributed by atoms with van der Waals surface area (Å²) in [6.07, 6.45) is -8.57. The van der Waals surface area contributed by atoms with Crippen LogP contribution in [0.25, 0.3) is 0 Å². The zero-order valence-electron chi connectivity index (χ0n) is 35.1. The average molecular weight is 839 g/mol. The third kappa shape index (κ3) is 7.39. The van der Waals surface area contributed by atoms with E-state index in [9.17, 15) is 33.9 Å². The molecule has 0 bridgehead atoms. The highest BCUT2D eigenvalue weighted by Crippen LogP contribution is 2.69. The third-order valence-corrected chi connectivity index (χ3v) is 13.0. The summed E-state index contributed by atoms with van der Waals surface area (Å²) in [5.41, 5.74) is -6.42. The number of benzene rings is 3. The molecule has 10 atom stereocenters. The molecule has 1 aliphatic heterocycles. The van der Waals surface area contributed by atoms with Crippen LogP contribution in [0.4, 0.5) is 0 Å². The maximum Gasteiger partial charge on any atom is 0.338 e. The Morgan fingerprint density at radius 3 is 1.61 bits per heavy atom. The molecule has 0 amide bonds. The van der Waals surface area contributed by atoms with E-state index in [1.54, 1.807) is 92.7 Å². The number of carbonyl (C=O) groups is 6. The molecule has 1 heterocycles. The highest BCUT2D eigenvalue weighted by Gasteiger charge is 2.81. The Hall–Kier alpha value is -5.86. The minimum Gasteiger partial charge on any atom is -0.458 e. The molecule has 7 rings (SSSR count). The lowest BCUT2D eigenvalue weighted by Gasteiger charge is -2.65. The van der Waals surface area contributed by atoms with Crippen molar-refractivity contribution < 1.29 is 67.0 Å². The van der Waals surface area contributed by atoms with E-state index in [1.807, 2.05) is 0 Å². The van der Waals surface area contributed by atoms with Crippen LogP contribution in [-0.4, -0.2) is 95.4 Å². The van der Waals surface area contributed by atoms with Crippen molar-refractivity contribution in [3.05, 3.63) is 119 Å². The maximum absolute atomic E-state index is 14.7. The first kappa shape index (κ1) is 43.2. The number of carbonyl (C=O) groups excluding carboxylic acids is 6. The molecule has 1 saturated heterocycles. The molecule has 3 aliphatic carbocycles. The first-order valence-electron chi connectivity index (χ1n) is 20.2. The van der Waals surface area contributed by atoms with E-state index in [2.05, 4.69) is 0 Å². The topological polar surface area (TPSA) is 187 Å². The fourth-order valence-corrected chi connectivity index (χ4v) is 10.4. The number of hydrogen-bond donors (Lipinski definition) is 1. The molecule has 0 spiro atoms. The highest BCUT2D eigenvalue weighted by atomic mass is 16.6. The van der Waals surface area contributed by atoms with Crippen molar-refractivity contribution in [1.29, 1.82) is 0 Å². The van der Waals surface area contributed by atoms with Crippen LogP contribution in [0, 0.1) is 16.7 Å². The van der Waals surface area contributed by atoms with Crippen molar-refractivity contribution in [1.82, 2.24) is 0 Å². The largest absolute Gasteiger partial charge is 0.458 e. The van der Waals surface area contributed by atoms with E-state index in [0.717, 1.165) is 6.92 Å². The van der Waals surface area contributed by atoms with Gasteiger partial charge >= 0.3 is 35.8 Å². The van der Waals surface area contributed by atoms with Crippen molar-refractivity contribution in [2.45, 2.75) is 109 Å². The Bertz CT molecular complexity index is 2230. The summed E-state index contributed by atoms with van der Waals surface area (Å²) in [5, 5.41) is 12.9. The molecule has 2 saturated carbocycles. The summed E-state index contributed by atoms with van der Waals surface area (Å²) in [6.45, 7) is 9.63. The van der Waals surface area contributed by atoms with Gasteiger partial charge in [0.05, 0.1) is 45.6 Å². The SMILES string of the molecule is CC(=O)O[C@H]1C[C@]2(C(C)(C)O)C(=C1C)[C@@H](OC(=O)c1ccccc1)[C@H](OC(C)=O)[C@@]1(C)C([C@@H]2OC(=O)c2ccccc2)[C@]2(OC(C)=O)CO[C@@H]2C[C@@H]1OC(=O)c1ccccc1. The zero-order chi connectivity index (χ0) is 44.1. The summed E-state index contributed by atoms with van der Waals surface area (Å²) in [5.74, 6) is -6.03. The van der Waals surface area contributed by atoms with E-state index < -0.39 is 100 Å². The van der Waals surface area contributed by atoms with Gasteiger partial charge in [-0.3, -0.25) is 14.4 Å². The van der Waals surface area contributed by atoms with Crippen LogP contribution in [0.5, 0.6) is 0 Å². The molecular formula is C47H50O14. The quantitative estimate of drug-likeness (QED) is 0.148. The van der Waals surface area contributed by atoms with E-state index in [0.29, 0.717) is 5.57 Å². The molecule has 4 aliphatic rings. The predicted molar refractivity (Wildman–Crippen MR) is 215 cm³/mol. The van der Waals surface area contributed by atoms with Crippen LogP contribution in [0.1, 0.15) is 92.4 Å². The molecule has 3 aromatic carbocycles. The molecule has 61 heavy (non-hydrogen) atoms. The molecule has 3 aromatic rings. The highest BCUT2D eigenvalue weighted by molar-refractivity contribution is 5.91. The second-order valence-corrected chi connectivity index (χ2v) is 17.0. The fraction of sp³-hybridized carbons (Fsp3) is 0.447. The summed E-state index contributed by atoms with van der Waals surface area (Å²) < 4.78 is 44.7. The molecule has 0 radical (unpaired) electrons. The van der Waals surface area contributed by atoms with Gasteiger partial charge in [0.2, 0.25) is 0 Å². The smallest absolute Gasteiger partial charge is 0.338 e. The van der Waals surface area contributed by atoms with Crippen LogP contribution >= 0.6 is 0 Å². The Labute approximate surface area is 353 Å². The van der Waals surface area contributed by atoms with Crippen molar-refractivity contribution in [2.75, 3.05) is 6.61 Å². The predicted octanol–water partition coefficient (Wildman–Crippen LogP) is 5.74. The first-order valence-corrected chi connectivity index (χ1v) is 20.2. The van der Waals surface area contributed by atoms with Crippen LogP contribution in [0.15, 0.2) is 102 Å². The lowest BCUT2D eigenvalue weighted by molar-refractivity contribution is -0.350. The van der Waals surface area contributed by atoms with Gasteiger partial charge in [0, 0.05) is 33.6 Å². The average Bonchev–Trinajstić information content (AvgIpc) is 3.47. The van der Waals surface area contributed by atoms with Gasteiger partial charge in [-0.15, -0.1) is 0 Å². The number of aliphatic hydroxyl groups is 1. The molecular weight excluding hydrogens is 789 g/mol. The van der Waals surface area contributed by atoms with Gasteiger partial charge in [0.15, 0.2) is 17.8 Å². The monoisotopic (exact) mass is 838 g/mol. The van der Waals surface area contributed by atoms with Crippen molar-refractivity contribution in [3.63, 3.8) is 0 Å². The summed E-state index contributed by atoms with van der Waals surface area (Å²) >= 11 is 0. The summed E-state index contributed by atoms with van der Waals surface area (Å²) in [6, 6.07) is 24.4. The van der Waals surface area contributed by atoms with Gasteiger partial charge in [-0.2, -0.15) is 0 Å². The maximum atomic E-state index is 14.7. The molecule has 1 unspecified atom stereocenters. The van der Waals surface area contributed by atoms with Crippen LogP contribution in [0.3, 0.4) is 0 Å². The lowest BCUT2D eigenvalue weighted by Crippen LogP contribution is -2.79. The Balaban J connectivity index is 1.60. The third-order valence-electron chi connectivity index (χ3n) is 13.0. The molecule has 1 N–H and O–H groups in total. The van der Waals surface area contributed by atoms with Crippen LogP contribution in [-0.2, 0) is 47.5 Å². The van der Waals surface area contributed by atoms with Crippen LogP contribution in [0.2, 0.25) is 0 Å². The van der Waals surface area contributed by atoms with Gasteiger partial charge in [-0.1, -0.05) is 61.5 Å². The molecule has 0 aromatic heterocycles. The van der Waals surface area contributed by atoms with E-state index in [1.165, 1.54) is 39.8 Å². The molecule has 3 fully saturated rings. The van der Waals surface area contributed by atoms with E-state index in [4.69, 9.17) is 33.2 Å². The van der Waals surface area contributed by atoms with Gasteiger partial charge in [0.25, 0.3) is 0 Å². The van der Waals surface area contributed by atoms with Gasteiger partial charge in [-0.25, -0.2) is 14.4 Å². The Morgan fingerprint density at radius 1 is 0.672 bits per heavy atom. The summed E-state index contributed by atoms with van der Waals surface area (Å²) in [4.78, 5) is 83.1. The van der Waals surface area contributed by atoms with Crippen molar-refractivity contribution in [3.8, 4) is 0 Å². The van der Waals surface area contributed by atoms with E-state index >= 15 is 0 Å². The second kappa shape index (κ2) is 16.2. The zero-order valence-corrected chi connectivity index (χ0v) is 35.1. The fourth-order valence-electron chi connectivity index (χ4n) is 10.4. The van der Waals surface area contributed by atoms with Crippen molar-refractivity contribution >= 4 is 35.8 Å². The number of hydrogen-bond acceptors (Lipinski definition) is 14. The minimum absolute atomic E-state index is 0.112. The van der Waals surface area contributed by atoms with Crippen LogP contribution < -0.4 is 0 Å². The Kier molecular flexibility index (Phi) is 11.5. The van der Waals surface area contributed by atoms with Gasteiger partial charge < -0.3 is 38.3 Å². The second-order valence-electron chi connectivity index (χ2n) is 17.0. The number of esters is 6. The molecule has 14 nitrogen and oxygen atoms in total. The number of ether oxygens (including phenoxy) is 7. The summed E-state index contributed by atoms with van der Waals surface area (Å²) in [7, 11) is 0. The molecule has 14 heteroatoms. The Morgan fingerprint density at radius 2 is 1.16 bits per heavy atom. The number of rotatable bonds is 10. The van der Waals surface area contributed by atoms with E-state index in [-0.39, 0.29) is 41.7 Å². The lowest BCUT2D eigenvalue weighted by atomic mass is 9.49. The van der Waals surface area contributed by atoms with Gasteiger partial charge in [0.1, 0.15) is 24.4 Å². The number of fused-ring (bicyclic) bond motifs is 4. The normalized spacial score (nSPS) is 31.4. The minimum atomic E-state index is -1.96. The standard InChI is InChI=1S/C47H50O14/c1-26-33(56-27(2)48)24-46(44(5,6)54)36(26)37(59-42(52)31-19-13-9-14-20-31)39(57-28(3)49)45(7)34(58-41(51)30-17-11-8-12-18-30)23-35-47(25-55-35,61-29(4)50)38(45)40(46)60-43(53)32-21-15-10-16-22-32/h8-22,33-35,37-40,54H,23-25H2,1-7H3/t33-,34-,35+,37+,38?,39-,40-,45+,46-,47-/m0/s1. The van der Waals surface area contributed by atoms with Crippen molar-refractivity contribution in [2.24, 2.45) is 16.7 Å².